The van der Waals surface area contributed by atoms with E-state index in [2.05, 4.69) is 20.1 Å². The Morgan fingerprint density at radius 1 is 0.694 bits per heavy atom. The molecular weight excluding hydrogens is 464 g/mol. The van der Waals surface area contributed by atoms with Gasteiger partial charge in [-0.25, -0.2) is 9.59 Å². The van der Waals surface area contributed by atoms with Gasteiger partial charge in [0.25, 0.3) is 0 Å². The molecule has 2 aromatic carbocycles. The number of carbonyl (C=O) groups is 2. The number of ether oxygens (including phenoxy) is 4. The lowest BCUT2D eigenvalue weighted by molar-refractivity contribution is -0.143. The molecule has 8 heteroatoms. The van der Waals surface area contributed by atoms with E-state index < -0.39 is 24.1 Å². The minimum absolute atomic E-state index is 0.00907. The first-order chi connectivity index (χ1) is 17.1. The summed E-state index contributed by atoms with van der Waals surface area (Å²) < 4.78 is 21.0. The molecule has 0 spiro atoms. The first-order valence-corrected chi connectivity index (χ1v) is 11.5. The Hall–Kier alpha value is -3.62. The van der Waals surface area contributed by atoms with Crippen molar-refractivity contribution in [2.75, 3.05) is 26.4 Å². The first-order valence-electron chi connectivity index (χ1n) is 11.5. The Labute approximate surface area is 211 Å². The van der Waals surface area contributed by atoms with Crippen LogP contribution in [0.15, 0.2) is 72.8 Å². The van der Waals surface area contributed by atoms with Crippen LogP contribution in [0.3, 0.4) is 0 Å². The largest absolute Gasteiger partial charge is 0.491 e. The van der Waals surface area contributed by atoms with Crippen molar-refractivity contribution >= 4 is 11.9 Å². The summed E-state index contributed by atoms with van der Waals surface area (Å²) in [5.74, 6) is 0.185. The van der Waals surface area contributed by atoms with E-state index in [0.717, 1.165) is 11.1 Å². The second-order valence-corrected chi connectivity index (χ2v) is 8.55. The number of benzene rings is 2. The molecular formula is C28H34O8. The number of aliphatic hydroxyl groups excluding tert-OH is 2. The third-order valence-electron chi connectivity index (χ3n) is 5.16. The maximum Gasteiger partial charge on any atom is 0.333 e. The van der Waals surface area contributed by atoms with Crippen LogP contribution in [-0.4, -0.2) is 60.8 Å². The van der Waals surface area contributed by atoms with E-state index in [4.69, 9.17) is 18.9 Å². The molecule has 0 saturated heterocycles. The van der Waals surface area contributed by atoms with Gasteiger partial charge in [-0.15, -0.1) is 0 Å². The van der Waals surface area contributed by atoms with Gasteiger partial charge in [0.05, 0.1) is 0 Å². The predicted molar refractivity (Wildman–Crippen MR) is 135 cm³/mol. The van der Waals surface area contributed by atoms with Gasteiger partial charge in [-0.3, -0.25) is 0 Å². The SMILES string of the molecule is C=C(C)C(=O)OCC(O)COc1ccc(C(C)c2ccc(OCC(O)COC(=O)C(=C)C)cc2)cc1. The predicted octanol–water partition coefficient (Wildman–Crippen LogP) is 3.56. The fourth-order valence-electron chi connectivity index (χ4n) is 2.97. The molecule has 0 aliphatic rings. The fourth-order valence-corrected chi connectivity index (χ4v) is 2.97. The zero-order chi connectivity index (χ0) is 26.7. The molecule has 0 bridgehead atoms. The molecule has 0 radical (unpaired) electrons. The zero-order valence-electron chi connectivity index (χ0n) is 20.9. The number of carbonyl (C=O) groups excluding carboxylic acids is 2. The second kappa shape index (κ2) is 14.1. The highest BCUT2D eigenvalue weighted by Gasteiger charge is 2.13. The Balaban J connectivity index is 1.81. The molecule has 0 aromatic heterocycles. The highest BCUT2D eigenvalue weighted by Crippen LogP contribution is 2.27. The highest BCUT2D eigenvalue weighted by atomic mass is 16.6. The van der Waals surface area contributed by atoms with E-state index >= 15 is 0 Å². The highest BCUT2D eigenvalue weighted by molar-refractivity contribution is 5.87. The van der Waals surface area contributed by atoms with Crippen molar-refractivity contribution in [3.05, 3.63) is 84.0 Å². The van der Waals surface area contributed by atoms with Crippen LogP contribution >= 0.6 is 0 Å². The molecule has 0 aliphatic carbocycles. The molecule has 8 nitrogen and oxygen atoms in total. The van der Waals surface area contributed by atoms with Crippen molar-refractivity contribution in [2.45, 2.75) is 38.9 Å². The summed E-state index contributed by atoms with van der Waals surface area (Å²) in [5, 5.41) is 19.8. The lowest BCUT2D eigenvalue weighted by atomic mass is 9.93. The molecule has 0 heterocycles. The van der Waals surface area contributed by atoms with E-state index in [1.54, 1.807) is 0 Å². The van der Waals surface area contributed by atoms with Crippen LogP contribution < -0.4 is 9.47 Å². The third kappa shape index (κ3) is 9.56. The van der Waals surface area contributed by atoms with E-state index in [1.807, 2.05) is 48.5 Å². The normalized spacial score (nSPS) is 13.1. The van der Waals surface area contributed by atoms with Gasteiger partial charge in [-0.1, -0.05) is 44.3 Å². The third-order valence-corrected chi connectivity index (χ3v) is 5.16. The average molecular weight is 499 g/mol. The number of rotatable bonds is 14. The summed E-state index contributed by atoms with van der Waals surface area (Å²) in [6.07, 6.45) is -1.89. The summed E-state index contributed by atoms with van der Waals surface area (Å²) in [7, 11) is 0. The van der Waals surface area contributed by atoms with Gasteiger partial charge in [-0.2, -0.15) is 0 Å². The summed E-state index contributed by atoms with van der Waals surface area (Å²) in [5.41, 5.74) is 2.68. The van der Waals surface area contributed by atoms with E-state index in [1.165, 1.54) is 13.8 Å². The van der Waals surface area contributed by atoms with Crippen LogP contribution in [-0.2, 0) is 19.1 Å². The number of aliphatic hydroxyl groups is 2. The molecule has 2 atom stereocenters. The van der Waals surface area contributed by atoms with Crippen molar-refractivity contribution in [1.29, 1.82) is 0 Å². The van der Waals surface area contributed by atoms with Crippen molar-refractivity contribution in [3.8, 4) is 11.5 Å². The molecule has 2 N–H and O–H groups in total. The van der Waals surface area contributed by atoms with Crippen LogP contribution in [0, 0.1) is 0 Å². The Morgan fingerprint density at radius 3 is 1.33 bits per heavy atom. The van der Waals surface area contributed by atoms with Gasteiger partial charge in [0.15, 0.2) is 0 Å². The van der Waals surface area contributed by atoms with Crippen molar-refractivity contribution in [1.82, 2.24) is 0 Å². The standard InChI is InChI=1S/C28H34O8/c1-18(2)27(31)35-16-23(29)14-33-25-10-6-21(7-11-25)20(5)22-8-12-26(13-9-22)34-15-24(30)17-36-28(32)19(3)4/h6-13,20,23-24,29-30H,1,3,14-17H2,2,4-5H3. The van der Waals surface area contributed by atoms with Crippen molar-refractivity contribution < 1.29 is 38.7 Å². The molecule has 0 aliphatic heterocycles. The average Bonchev–Trinajstić information content (AvgIpc) is 2.87. The summed E-state index contributed by atoms with van der Waals surface area (Å²) in [6.45, 7) is 11.8. The summed E-state index contributed by atoms with van der Waals surface area (Å²) in [6, 6.07) is 15.0. The van der Waals surface area contributed by atoms with Crippen LogP contribution in [0.2, 0.25) is 0 Å². The minimum atomic E-state index is -0.944. The van der Waals surface area contributed by atoms with E-state index in [9.17, 15) is 19.8 Å². The lowest BCUT2D eigenvalue weighted by Crippen LogP contribution is -2.25. The Kier molecular flexibility index (Phi) is 11.2. The molecule has 0 saturated carbocycles. The molecule has 0 fully saturated rings. The minimum Gasteiger partial charge on any atom is -0.491 e. The van der Waals surface area contributed by atoms with Crippen LogP contribution in [0.1, 0.15) is 37.8 Å². The lowest BCUT2D eigenvalue weighted by Gasteiger charge is -2.16. The van der Waals surface area contributed by atoms with Crippen LogP contribution in [0.25, 0.3) is 0 Å². The number of hydrogen-bond donors (Lipinski definition) is 2. The zero-order valence-corrected chi connectivity index (χ0v) is 20.9. The molecule has 36 heavy (non-hydrogen) atoms. The fraction of sp³-hybridized carbons (Fsp3) is 0.357. The quantitative estimate of drug-likeness (QED) is 0.300. The number of esters is 2. The first kappa shape index (κ1) is 28.6. The van der Waals surface area contributed by atoms with E-state index in [-0.39, 0.29) is 43.5 Å². The van der Waals surface area contributed by atoms with Gasteiger partial charge in [0.1, 0.15) is 50.1 Å². The van der Waals surface area contributed by atoms with Crippen molar-refractivity contribution in [3.63, 3.8) is 0 Å². The Morgan fingerprint density at radius 2 is 1.03 bits per heavy atom. The number of hydrogen-bond acceptors (Lipinski definition) is 8. The summed E-state index contributed by atoms with van der Waals surface area (Å²) in [4.78, 5) is 22.7. The van der Waals surface area contributed by atoms with Gasteiger partial charge in [0, 0.05) is 17.1 Å². The molecule has 0 amide bonds. The van der Waals surface area contributed by atoms with Gasteiger partial charge >= 0.3 is 11.9 Å². The van der Waals surface area contributed by atoms with Gasteiger partial charge < -0.3 is 29.2 Å². The maximum atomic E-state index is 11.4. The monoisotopic (exact) mass is 498 g/mol. The van der Waals surface area contributed by atoms with Crippen LogP contribution in [0.4, 0.5) is 0 Å². The van der Waals surface area contributed by atoms with E-state index in [0.29, 0.717) is 11.5 Å². The van der Waals surface area contributed by atoms with Crippen molar-refractivity contribution in [2.24, 2.45) is 0 Å². The van der Waals surface area contributed by atoms with Gasteiger partial charge in [0.2, 0.25) is 0 Å². The smallest absolute Gasteiger partial charge is 0.333 e. The topological polar surface area (TPSA) is 112 Å². The maximum absolute atomic E-state index is 11.4. The summed E-state index contributed by atoms with van der Waals surface area (Å²) >= 11 is 0. The molecule has 2 aromatic rings. The van der Waals surface area contributed by atoms with Crippen LogP contribution in [0.5, 0.6) is 11.5 Å². The molecule has 194 valence electrons. The molecule has 2 rings (SSSR count). The molecule has 2 unspecified atom stereocenters. The second-order valence-electron chi connectivity index (χ2n) is 8.55. The Bertz CT molecular complexity index is 943. The van der Waals surface area contributed by atoms with Gasteiger partial charge in [-0.05, 0) is 49.2 Å².